The van der Waals surface area contributed by atoms with Gasteiger partial charge in [-0.05, 0) is 30.7 Å². The van der Waals surface area contributed by atoms with Gasteiger partial charge in [-0.25, -0.2) is 0 Å². The Morgan fingerprint density at radius 1 is 1.31 bits per heavy atom. The molecule has 2 heteroatoms. The van der Waals surface area contributed by atoms with E-state index in [1.54, 1.807) is 0 Å². The van der Waals surface area contributed by atoms with Gasteiger partial charge < -0.3 is 5.32 Å². The number of rotatable bonds is 7. The van der Waals surface area contributed by atoms with Gasteiger partial charge in [0.2, 0.25) is 0 Å². The zero-order valence-electron chi connectivity index (χ0n) is 9.49. The quantitative estimate of drug-likeness (QED) is 0.497. The lowest BCUT2D eigenvalue weighted by molar-refractivity contribution is 0.380. The monoisotopic (exact) mass is 205 g/mol. The van der Waals surface area contributed by atoms with E-state index < -0.39 is 0 Å². The molecule has 0 aliphatic heterocycles. The van der Waals surface area contributed by atoms with Crippen LogP contribution in [0, 0.1) is 11.3 Å². The average Bonchev–Trinajstić information content (AvgIpc) is 2.03. The van der Waals surface area contributed by atoms with E-state index >= 15 is 0 Å². The van der Waals surface area contributed by atoms with E-state index in [-0.39, 0.29) is 5.41 Å². The van der Waals surface area contributed by atoms with Crippen LogP contribution in [0.1, 0.15) is 40.5 Å². The maximum Gasteiger partial charge on any atom is 0.0286 e. The van der Waals surface area contributed by atoms with Crippen LogP contribution >= 0.6 is 11.6 Å². The number of hydrogen-bond acceptors (Lipinski definition) is 1. The van der Waals surface area contributed by atoms with Crippen molar-refractivity contribution in [3.8, 4) is 0 Å². The molecule has 0 atom stereocenters. The topological polar surface area (TPSA) is 12.0 Å². The molecule has 1 N–H and O–H groups in total. The third kappa shape index (κ3) is 8.58. The summed E-state index contributed by atoms with van der Waals surface area (Å²) in [6.45, 7) is 11.1. The molecule has 0 unspecified atom stereocenters. The second-order valence-corrected chi connectivity index (χ2v) is 5.28. The van der Waals surface area contributed by atoms with Gasteiger partial charge in [-0.1, -0.05) is 27.7 Å². The minimum absolute atomic E-state index is 0.236. The third-order valence-corrected chi connectivity index (χ3v) is 2.82. The first-order valence-electron chi connectivity index (χ1n) is 5.24. The Morgan fingerprint density at radius 3 is 2.38 bits per heavy atom. The Kier molecular flexibility index (Phi) is 6.79. The molecule has 80 valence electrons. The Hall–Kier alpha value is 0.250. The van der Waals surface area contributed by atoms with E-state index in [1.165, 1.54) is 12.8 Å². The summed E-state index contributed by atoms with van der Waals surface area (Å²) in [4.78, 5) is 0. The van der Waals surface area contributed by atoms with Gasteiger partial charge in [-0.3, -0.25) is 0 Å². The standard InChI is InChI=1S/C11H24ClN/c1-10(2)6-5-7-13-9-11(3,4)8-12/h10,13H,5-9H2,1-4H3. The first-order valence-corrected chi connectivity index (χ1v) is 5.78. The first kappa shape index (κ1) is 13.2. The zero-order valence-corrected chi connectivity index (χ0v) is 10.2. The van der Waals surface area contributed by atoms with E-state index in [4.69, 9.17) is 11.6 Å². The summed E-state index contributed by atoms with van der Waals surface area (Å²) in [5.41, 5.74) is 0.236. The number of hydrogen-bond donors (Lipinski definition) is 1. The van der Waals surface area contributed by atoms with Gasteiger partial charge in [0, 0.05) is 12.4 Å². The first-order chi connectivity index (χ1) is 5.98. The van der Waals surface area contributed by atoms with Crippen molar-refractivity contribution in [1.82, 2.24) is 5.32 Å². The summed E-state index contributed by atoms with van der Waals surface area (Å²) in [7, 11) is 0. The summed E-state index contributed by atoms with van der Waals surface area (Å²) < 4.78 is 0. The highest BCUT2D eigenvalue weighted by Crippen LogP contribution is 2.14. The van der Waals surface area contributed by atoms with E-state index in [0.717, 1.165) is 24.9 Å². The number of nitrogens with one attached hydrogen (secondary N) is 1. The van der Waals surface area contributed by atoms with Crippen LogP contribution in [0.4, 0.5) is 0 Å². The Labute approximate surface area is 88.2 Å². The van der Waals surface area contributed by atoms with Crippen LogP contribution < -0.4 is 5.32 Å². The van der Waals surface area contributed by atoms with Crippen molar-refractivity contribution in [2.45, 2.75) is 40.5 Å². The number of halogens is 1. The van der Waals surface area contributed by atoms with Crippen LogP contribution in [0.25, 0.3) is 0 Å². The predicted octanol–water partition coefficient (Wildman–Crippen LogP) is 3.28. The van der Waals surface area contributed by atoms with Crippen LogP contribution in [0.3, 0.4) is 0 Å². The average molecular weight is 206 g/mol. The van der Waals surface area contributed by atoms with Gasteiger partial charge in [0.15, 0.2) is 0 Å². The van der Waals surface area contributed by atoms with Gasteiger partial charge in [-0.2, -0.15) is 0 Å². The molecule has 0 radical (unpaired) electrons. The molecule has 1 nitrogen and oxygen atoms in total. The largest absolute Gasteiger partial charge is 0.316 e. The minimum Gasteiger partial charge on any atom is -0.316 e. The van der Waals surface area contributed by atoms with Gasteiger partial charge in [0.05, 0.1) is 0 Å². The smallest absolute Gasteiger partial charge is 0.0286 e. The molecule has 0 aromatic heterocycles. The molecule has 0 rings (SSSR count). The fourth-order valence-corrected chi connectivity index (χ4v) is 1.20. The molecule has 0 bridgehead atoms. The molecule has 0 heterocycles. The summed E-state index contributed by atoms with van der Waals surface area (Å²) in [5.74, 6) is 1.55. The summed E-state index contributed by atoms with van der Waals surface area (Å²) in [6, 6.07) is 0. The van der Waals surface area contributed by atoms with Crippen molar-refractivity contribution in [2.75, 3.05) is 19.0 Å². The second-order valence-electron chi connectivity index (χ2n) is 5.01. The predicted molar refractivity (Wildman–Crippen MR) is 61.4 cm³/mol. The molecule has 0 fully saturated rings. The molecule has 0 saturated heterocycles. The molecule has 0 aromatic carbocycles. The summed E-state index contributed by atoms with van der Waals surface area (Å²) in [6.07, 6.45) is 2.59. The molecule has 13 heavy (non-hydrogen) atoms. The molecule has 0 aliphatic carbocycles. The SMILES string of the molecule is CC(C)CCCNCC(C)(C)CCl. The minimum atomic E-state index is 0.236. The lowest BCUT2D eigenvalue weighted by atomic mass is 9.96. The van der Waals surface area contributed by atoms with Crippen molar-refractivity contribution >= 4 is 11.6 Å². The summed E-state index contributed by atoms with van der Waals surface area (Å²) in [5, 5.41) is 3.45. The molecular formula is C11H24ClN. The number of alkyl halides is 1. The van der Waals surface area contributed by atoms with E-state index in [9.17, 15) is 0 Å². The van der Waals surface area contributed by atoms with Crippen molar-refractivity contribution in [1.29, 1.82) is 0 Å². The van der Waals surface area contributed by atoms with Gasteiger partial charge in [0.25, 0.3) is 0 Å². The van der Waals surface area contributed by atoms with Gasteiger partial charge >= 0.3 is 0 Å². The van der Waals surface area contributed by atoms with Crippen molar-refractivity contribution < 1.29 is 0 Å². The normalized spacial score (nSPS) is 12.5. The van der Waals surface area contributed by atoms with Crippen LogP contribution in [0.15, 0.2) is 0 Å². The van der Waals surface area contributed by atoms with Crippen LogP contribution in [0.2, 0.25) is 0 Å². The van der Waals surface area contributed by atoms with Gasteiger partial charge in [0.1, 0.15) is 0 Å². The van der Waals surface area contributed by atoms with Gasteiger partial charge in [-0.15, -0.1) is 11.6 Å². The highest BCUT2D eigenvalue weighted by molar-refractivity contribution is 6.18. The van der Waals surface area contributed by atoms with Crippen LogP contribution in [-0.4, -0.2) is 19.0 Å². The third-order valence-electron chi connectivity index (χ3n) is 2.10. The molecular weight excluding hydrogens is 182 g/mol. The molecule has 0 amide bonds. The van der Waals surface area contributed by atoms with Crippen LogP contribution in [-0.2, 0) is 0 Å². The second kappa shape index (κ2) is 6.67. The Morgan fingerprint density at radius 2 is 1.92 bits per heavy atom. The van der Waals surface area contributed by atoms with E-state index in [0.29, 0.717) is 0 Å². The highest BCUT2D eigenvalue weighted by atomic mass is 35.5. The Bertz CT molecular complexity index is 121. The highest BCUT2D eigenvalue weighted by Gasteiger charge is 2.14. The van der Waals surface area contributed by atoms with E-state index in [2.05, 4.69) is 33.0 Å². The maximum atomic E-state index is 5.82. The van der Waals surface area contributed by atoms with Crippen LogP contribution in [0.5, 0.6) is 0 Å². The lowest BCUT2D eigenvalue weighted by Gasteiger charge is -2.21. The van der Waals surface area contributed by atoms with Crippen molar-refractivity contribution in [3.05, 3.63) is 0 Å². The van der Waals surface area contributed by atoms with E-state index in [1.807, 2.05) is 0 Å². The molecule has 0 aromatic rings. The molecule has 0 aliphatic rings. The molecule has 0 spiro atoms. The maximum absolute atomic E-state index is 5.82. The van der Waals surface area contributed by atoms with Crippen molar-refractivity contribution in [2.24, 2.45) is 11.3 Å². The fraction of sp³-hybridized carbons (Fsp3) is 1.00. The molecule has 0 saturated carbocycles. The lowest BCUT2D eigenvalue weighted by Crippen LogP contribution is -2.31. The fourth-order valence-electron chi connectivity index (χ4n) is 1.11. The summed E-state index contributed by atoms with van der Waals surface area (Å²) >= 11 is 5.82. The Balaban J connectivity index is 3.26. The zero-order chi connectivity index (χ0) is 10.3. The van der Waals surface area contributed by atoms with Crippen molar-refractivity contribution in [3.63, 3.8) is 0 Å².